The molecule has 9 heteroatoms. The molecule has 1 amide bonds. The van der Waals surface area contributed by atoms with E-state index in [2.05, 4.69) is 25.9 Å². The number of carbonyl (C=O) groups is 3. The number of aryl methyl sites for hydroxylation is 1. The van der Waals surface area contributed by atoms with Crippen LogP contribution in [0.1, 0.15) is 51.4 Å². The second-order valence-corrected chi connectivity index (χ2v) is 9.10. The van der Waals surface area contributed by atoms with Crippen molar-refractivity contribution in [2.24, 2.45) is 0 Å². The molecule has 4 rings (SSSR count). The molecule has 35 heavy (non-hydrogen) atoms. The van der Waals surface area contributed by atoms with Crippen LogP contribution < -0.4 is 0 Å². The molecule has 1 atom stereocenters. The van der Waals surface area contributed by atoms with Gasteiger partial charge in [0.15, 0.2) is 0 Å². The summed E-state index contributed by atoms with van der Waals surface area (Å²) in [5.41, 5.74) is 2.78. The van der Waals surface area contributed by atoms with Gasteiger partial charge in [0, 0.05) is 34.7 Å². The third-order valence-corrected chi connectivity index (χ3v) is 6.48. The van der Waals surface area contributed by atoms with Gasteiger partial charge in [0.05, 0.1) is 18.2 Å². The fraction of sp³-hybridized carbons (Fsp3) is 0.231. The average molecular weight is 538 g/mol. The molecular weight excluding hydrogens is 514 g/mol. The lowest BCUT2D eigenvalue weighted by Crippen LogP contribution is -2.29. The molecule has 2 N–H and O–H groups in total. The van der Waals surface area contributed by atoms with E-state index in [0.29, 0.717) is 22.4 Å². The third kappa shape index (κ3) is 4.51. The Hall–Kier alpha value is -3.72. The first kappa shape index (κ1) is 24.4. The minimum Gasteiger partial charge on any atom is -0.507 e. The smallest absolute Gasteiger partial charge is 0.355 e. The van der Waals surface area contributed by atoms with E-state index in [1.54, 1.807) is 51.4 Å². The zero-order valence-corrected chi connectivity index (χ0v) is 21.0. The quantitative estimate of drug-likeness (QED) is 0.206. The fourth-order valence-electron chi connectivity index (χ4n) is 4.37. The number of amides is 1. The van der Waals surface area contributed by atoms with Crippen LogP contribution in [-0.4, -0.2) is 44.2 Å². The Morgan fingerprint density at radius 3 is 2.54 bits per heavy atom. The molecule has 2 aromatic heterocycles. The first-order valence-corrected chi connectivity index (χ1v) is 11.8. The lowest BCUT2D eigenvalue weighted by atomic mass is 9.94. The van der Waals surface area contributed by atoms with Gasteiger partial charge < -0.3 is 19.7 Å². The van der Waals surface area contributed by atoms with Crippen LogP contribution in [0.3, 0.4) is 0 Å². The molecular formula is C26H24BrN3O5. The van der Waals surface area contributed by atoms with Crippen molar-refractivity contribution in [3.05, 3.63) is 92.5 Å². The molecule has 1 aliphatic rings. The number of likely N-dealkylation sites (tertiary alicyclic amines) is 1. The third-order valence-electron chi connectivity index (χ3n) is 5.96. The molecule has 1 saturated heterocycles. The monoisotopic (exact) mass is 537 g/mol. The lowest BCUT2D eigenvalue weighted by molar-refractivity contribution is -0.140. The van der Waals surface area contributed by atoms with Gasteiger partial charge in [-0.2, -0.15) is 0 Å². The van der Waals surface area contributed by atoms with Crippen molar-refractivity contribution in [2.45, 2.75) is 33.4 Å². The highest BCUT2D eigenvalue weighted by molar-refractivity contribution is 9.10. The van der Waals surface area contributed by atoms with Crippen LogP contribution in [0.25, 0.3) is 5.76 Å². The maximum absolute atomic E-state index is 13.3. The van der Waals surface area contributed by atoms with Gasteiger partial charge in [0.2, 0.25) is 0 Å². The summed E-state index contributed by atoms with van der Waals surface area (Å²) in [6.45, 7) is 5.37. The van der Waals surface area contributed by atoms with Crippen LogP contribution in [0, 0.1) is 13.8 Å². The van der Waals surface area contributed by atoms with Crippen molar-refractivity contribution in [1.82, 2.24) is 14.9 Å². The largest absolute Gasteiger partial charge is 0.507 e. The van der Waals surface area contributed by atoms with Gasteiger partial charge in [0.25, 0.3) is 11.7 Å². The van der Waals surface area contributed by atoms with Crippen molar-refractivity contribution >= 4 is 39.3 Å². The van der Waals surface area contributed by atoms with Crippen molar-refractivity contribution in [2.75, 3.05) is 6.61 Å². The van der Waals surface area contributed by atoms with Crippen molar-refractivity contribution < 1.29 is 24.2 Å². The van der Waals surface area contributed by atoms with Gasteiger partial charge in [0.1, 0.15) is 11.5 Å². The van der Waals surface area contributed by atoms with E-state index in [-0.39, 0.29) is 30.2 Å². The minimum atomic E-state index is -0.831. The van der Waals surface area contributed by atoms with E-state index in [0.717, 1.165) is 10.0 Å². The molecule has 0 aliphatic carbocycles. The number of Topliss-reactive ketones (excluding diaryl/α,β-unsaturated/α-hetero) is 1. The molecule has 0 radical (unpaired) electrons. The summed E-state index contributed by atoms with van der Waals surface area (Å²) in [7, 11) is 0. The Bertz CT molecular complexity index is 1330. The normalized spacial score (nSPS) is 17.1. The standard InChI is InChI=1S/C26H24BrN3O5/c1-4-35-26(34)21-14(2)19(15(3)29-21)23(31)20-22(17-7-9-18(27)10-8-17)30(25(33)24(20)32)13-16-6-5-11-28-12-16/h5-12,22,29,31H,4,13H2,1-3H3/b23-20+/t22-/m1/s1. The predicted molar refractivity (Wildman–Crippen MR) is 132 cm³/mol. The number of ketones is 1. The highest BCUT2D eigenvalue weighted by Crippen LogP contribution is 2.41. The highest BCUT2D eigenvalue weighted by atomic mass is 79.9. The maximum Gasteiger partial charge on any atom is 0.355 e. The Balaban J connectivity index is 1.89. The Morgan fingerprint density at radius 1 is 1.20 bits per heavy atom. The number of aromatic amines is 1. The van der Waals surface area contributed by atoms with Crippen LogP contribution >= 0.6 is 15.9 Å². The SMILES string of the molecule is CCOC(=O)c1[nH]c(C)c(/C(O)=C2\C(=O)C(=O)N(Cc3cccnc3)[C@@H]2c2ccc(Br)cc2)c1C. The first-order chi connectivity index (χ1) is 16.7. The number of aliphatic hydroxyl groups is 1. The number of pyridine rings is 1. The molecule has 0 bridgehead atoms. The highest BCUT2D eigenvalue weighted by Gasteiger charge is 2.46. The summed E-state index contributed by atoms with van der Waals surface area (Å²) in [6, 6.07) is 9.95. The van der Waals surface area contributed by atoms with Crippen molar-refractivity contribution in [3.8, 4) is 0 Å². The number of aliphatic hydroxyl groups excluding tert-OH is 1. The van der Waals surface area contributed by atoms with Gasteiger partial charge in [-0.1, -0.05) is 34.1 Å². The number of hydrogen-bond donors (Lipinski definition) is 2. The van der Waals surface area contributed by atoms with Gasteiger partial charge in [-0.25, -0.2) is 4.79 Å². The van der Waals surface area contributed by atoms with Crippen molar-refractivity contribution in [1.29, 1.82) is 0 Å². The molecule has 3 heterocycles. The van der Waals surface area contributed by atoms with Crippen LogP contribution in [-0.2, 0) is 20.9 Å². The molecule has 0 unspecified atom stereocenters. The number of benzene rings is 1. The number of halogens is 1. The van der Waals surface area contributed by atoms with Gasteiger partial charge in [-0.05, 0) is 55.7 Å². The number of rotatable bonds is 6. The summed E-state index contributed by atoms with van der Waals surface area (Å²) in [5, 5.41) is 11.5. The van der Waals surface area contributed by atoms with E-state index >= 15 is 0 Å². The Kier molecular flexibility index (Phi) is 6.88. The average Bonchev–Trinajstić information content (AvgIpc) is 3.27. The number of carbonyl (C=O) groups excluding carboxylic acids is 3. The molecule has 1 aromatic carbocycles. The topological polar surface area (TPSA) is 113 Å². The Morgan fingerprint density at radius 2 is 1.91 bits per heavy atom. The molecule has 0 saturated carbocycles. The number of nitrogens with zero attached hydrogens (tertiary/aromatic N) is 2. The maximum atomic E-state index is 13.3. The lowest BCUT2D eigenvalue weighted by Gasteiger charge is -2.25. The number of esters is 1. The molecule has 180 valence electrons. The second-order valence-electron chi connectivity index (χ2n) is 8.19. The van der Waals surface area contributed by atoms with Crippen LogP contribution in [0.4, 0.5) is 0 Å². The molecule has 8 nitrogen and oxygen atoms in total. The van der Waals surface area contributed by atoms with E-state index < -0.39 is 23.7 Å². The summed E-state index contributed by atoms with van der Waals surface area (Å²) in [4.78, 5) is 47.3. The van der Waals surface area contributed by atoms with Crippen LogP contribution in [0.15, 0.2) is 58.8 Å². The number of hydrogen-bond acceptors (Lipinski definition) is 6. The number of aromatic nitrogens is 2. The number of nitrogens with one attached hydrogen (secondary N) is 1. The first-order valence-electron chi connectivity index (χ1n) is 11.0. The zero-order valence-electron chi connectivity index (χ0n) is 19.5. The van der Waals surface area contributed by atoms with Crippen LogP contribution in [0.2, 0.25) is 0 Å². The van der Waals surface area contributed by atoms with Gasteiger partial charge in [-0.3, -0.25) is 14.6 Å². The minimum absolute atomic E-state index is 0.0400. The van der Waals surface area contributed by atoms with E-state index in [1.165, 1.54) is 4.90 Å². The number of ether oxygens (including phenoxy) is 1. The summed E-state index contributed by atoms with van der Waals surface area (Å²) in [5.74, 6) is -2.42. The zero-order chi connectivity index (χ0) is 25.3. The van der Waals surface area contributed by atoms with Crippen LogP contribution in [0.5, 0.6) is 0 Å². The molecule has 3 aromatic rings. The summed E-state index contributed by atoms with van der Waals surface area (Å²) in [6.07, 6.45) is 3.26. The van der Waals surface area contributed by atoms with E-state index in [1.807, 2.05) is 18.2 Å². The second kappa shape index (κ2) is 9.87. The number of H-pyrrole nitrogens is 1. The van der Waals surface area contributed by atoms with E-state index in [4.69, 9.17) is 4.74 Å². The predicted octanol–water partition coefficient (Wildman–Crippen LogP) is 4.59. The van der Waals surface area contributed by atoms with Crippen molar-refractivity contribution in [3.63, 3.8) is 0 Å². The summed E-state index contributed by atoms with van der Waals surface area (Å²) >= 11 is 3.41. The van der Waals surface area contributed by atoms with Gasteiger partial charge >= 0.3 is 5.97 Å². The van der Waals surface area contributed by atoms with Gasteiger partial charge in [-0.15, -0.1) is 0 Å². The fourth-order valence-corrected chi connectivity index (χ4v) is 4.63. The summed E-state index contributed by atoms with van der Waals surface area (Å²) < 4.78 is 5.93. The Labute approximate surface area is 210 Å². The molecule has 1 fully saturated rings. The molecule has 1 aliphatic heterocycles. The van der Waals surface area contributed by atoms with E-state index in [9.17, 15) is 19.5 Å². The molecule has 0 spiro atoms.